The van der Waals surface area contributed by atoms with Crippen LogP contribution in [-0.2, 0) is 0 Å². The third kappa shape index (κ3) is 2.84. The summed E-state index contributed by atoms with van der Waals surface area (Å²) in [6.07, 6.45) is 1.60. The maximum Gasteiger partial charge on any atom is 0.189 e. The maximum absolute atomic E-state index is 5.81. The lowest BCUT2D eigenvalue weighted by atomic mass is 10.3. The van der Waals surface area contributed by atoms with Crippen molar-refractivity contribution >= 4 is 44.1 Å². The van der Waals surface area contributed by atoms with Gasteiger partial charge in [0.25, 0.3) is 0 Å². The van der Waals surface area contributed by atoms with Crippen molar-refractivity contribution in [2.24, 2.45) is 0 Å². The van der Waals surface area contributed by atoms with Crippen molar-refractivity contribution in [1.82, 2.24) is 9.97 Å². The summed E-state index contributed by atoms with van der Waals surface area (Å²) >= 11 is 7.37. The van der Waals surface area contributed by atoms with Crippen molar-refractivity contribution in [2.45, 2.75) is 6.92 Å². The number of anilines is 2. The van der Waals surface area contributed by atoms with Crippen LogP contribution in [0.25, 0.3) is 10.2 Å². The Kier molecular flexibility index (Phi) is 3.71. The highest BCUT2D eigenvalue weighted by Crippen LogP contribution is 2.30. The minimum Gasteiger partial charge on any atom is -0.494 e. The first-order valence-corrected chi connectivity index (χ1v) is 7.36. The Morgan fingerprint density at radius 2 is 2.20 bits per heavy atom. The molecule has 0 spiro atoms. The number of thiazole rings is 1. The normalized spacial score (nSPS) is 10.7. The second-order valence-electron chi connectivity index (χ2n) is 4.07. The smallest absolute Gasteiger partial charge is 0.189 e. The van der Waals surface area contributed by atoms with Crippen molar-refractivity contribution < 1.29 is 4.74 Å². The molecule has 2 aromatic heterocycles. The number of halogens is 1. The molecule has 0 atom stereocenters. The number of benzene rings is 1. The summed E-state index contributed by atoms with van der Waals surface area (Å²) in [5.74, 6) is 1.58. The van der Waals surface area contributed by atoms with Crippen LogP contribution < -0.4 is 10.1 Å². The third-order valence-electron chi connectivity index (χ3n) is 2.63. The molecule has 3 rings (SSSR count). The van der Waals surface area contributed by atoms with E-state index in [1.807, 2.05) is 31.2 Å². The lowest BCUT2D eigenvalue weighted by molar-refractivity contribution is 0.341. The number of nitrogens with one attached hydrogen (secondary N) is 1. The van der Waals surface area contributed by atoms with E-state index in [4.69, 9.17) is 16.3 Å². The Morgan fingerprint density at radius 3 is 2.95 bits per heavy atom. The molecule has 0 aliphatic rings. The topological polar surface area (TPSA) is 47.0 Å². The van der Waals surface area contributed by atoms with E-state index in [9.17, 15) is 0 Å². The number of rotatable bonds is 4. The summed E-state index contributed by atoms with van der Waals surface area (Å²) in [5.41, 5.74) is 0.940. The molecule has 1 aromatic carbocycles. The van der Waals surface area contributed by atoms with Crippen LogP contribution in [0.5, 0.6) is 5.75 Å². The zero-order valence-corrected chi connectivity index (χ0v) is 12.3. The quantitative estimate of drug-likeness (QED) is 0.771. The number of pyridine rings is 1. The van der Waals surface area contributed by atoms with Crippen LogP contribution in [-0.4, -0.2) is 16.6 Å². The van der Waals surface area contributed by atoms with Gasteiger partial charge in [-0.05, 0) is 37.3 Å². The minimum absolute atomic E-state index is 0.612. The summed E-state index contributed by atoms with van der Waals surface area (Å²) < 4.78 is 6.56. The number of nitrogens with zero attached hydrogens (tertiary/aromatic N) is 2. The number of aromatic nitrogens is 2. The molecule has 0 aliphatic carbocycles. The van der Waals surface area contributed by atoms with E-state index in [0.717, 1.165) is 26.9 Å². The van der Waals surface area contributed by atoms with Crippen LogP contribution in [0.1, 0.15) is 6.92 Å². The molecule has 0 amide bonds. The first-order valence-electron chi connectivity index (χ1n) is 6.16. The van der Waals surface area contributed by atoms with Crippen LogP contribution in [0, 0.1) is 0 Å². The van der Waals surface area contributed by atoms with E-state index in [0.29, 0.717) is 11.6 Å². The lowest BCUT2D eigenvalue weighted by Gasteiger charge is -2.00. The van der Waals surface area contributed by atoms with Crippen molar-refractivity contribution in [1.29, 1.82) is 0 Å². The number of hydrogen-bond acceptors (Lipinski definition) is 5. The van der Waals surface area contributed by atoms with E-state index in [-0.39, 0.29) is 0 Å². The van der Waals surface area contributed by atoms with E-state index in [2.05, 4.69) is 15.3 Å². The minimum atomic E-state index is 0.612. The van der Waals surface area contributed by atoms with E-state index in [1.54, 1.807) is 23.6 Å². The van der Waals surface area contributed by atoms with Crippen molar-refractivity contribution in [3.8, 4) is 5.75 Å². The molecule has 102 valence electrons. The van der Waals surface area contributed by atoms with Crippen LogP contribution >= 0.6 is 22.9 Å². The molecule has 0 aliphatic heterocycles. The van der Waals surface area contributed by atoms with Crippen molar-refractivity contribution in [3.05, 3.63) is 41.6 Å². The molecule has 0 bridgehead atoms. The molecule has 1 N–H and O–H groups in total. The van der Waals surface area contributed by atoms with Gasteiger partial charge in [0.2, 0.25) is 0 Å². The van der Waals surface area contributed by atoms with E-state index < -0.39 is 0 Å². The van der Waals surface area contributed by atoms with Crippen molar-refractivity contribution in [2.75, 3.05) is 11.9 Å². The zero-order chi connectivity index (χ0) is 13.9. The molecule has 0 unspecified atom stereocenters. The second-order valence-corrected chi connectivity index (χ2v) is 5.54. The van der Waals surface area contributed by atoms with Gasteiger partial charge in [-0.1, -0.05) is 22.9 Å². The highest BCUT2D eigenvalue weighted by molar-refractivity contribution is 7.22. The van der Waals surface area contributed by atoms with Gasteiger partial charge in [-0.3, -0.25) is 0 Å². The molecule has 3 aromatic rings. The van der Waals surface area contributed by atoms with E-state index in [1.165, 1.54) is 0 Å². The SMILES string of the molecule is CCOc1ccc2nc(Nc3ccc(Cl)cn3)sc2c1. The van der Waals surface area contributed by atoms with E-state index >= 15 is 0 Å². The van der Waals surface area contributed by atoms with Gasteiger partial charge in [-0.15, -0.1) is 0 Å². The monoisotopic (exact) mass is 305 g/mol. The molecule has 0 radical (unpaired) electrons. The fourth-order valence-electron chi connectivity index (χ4n) is 1.77. The molecule has 4 nitrogen and oxygen atoms in total. The van der Waals surface area contributed by atoms with Crippen LogP contribution in [0.2, 0.25) is 5.02 Å². The van der Waals surface area contributed by atoms with Gasteiger partial charge in [0.15, 0.2) is 5.13 Å². The molecule has 0 saturated carbocycles. The fraction of sp³-hybridized carbons (Fsp3) is 0.143. The Balaban J connectivity index is 1.86. The first-order chi connectivity index (χ1) is 9.74. The van der Waals surface area contributed by atoms with Gasteiger partial charge in [-0.25, -0.2) is 9.97 Å². The Bertz CT molecular complexity index is 727. The third-order valence-corrected chi connectivity index (χ3v) is 3.79. The van der Waals surface area contributed by atoms with Gasteiger partial charge in [-0.2, -0.15) is 0 Å². The Labute approximate surface area is 125 Å². The summed E-state index contributed by atoms with van der Waals surface area (Å²) in [6.45, 7) is 2.63. The average Bonchev–Trinajstić information content (AvgIpc) is 2.83. The molecule has 20 heavy (non-hydrogen) atoms. The van der Waals surface area contributed by atoms with Crippen LogP contribution in [0.4, 0.5) is 10.9 Å². The van der Waals surface area contributed by atoms with Gasteiger partial charge in [0.05, 0.1) is 21.8 Å². The molecule has 0 saturated heterocycles. The van der Waals surface area contributed by atoms with Gasteiger partial charge in [0.1, 0.15) is 11.6 Å². The molecule has 2 heterocycles. The standard InChI is InChI=1S/C14H12ClN3OS/c1-2-19-10-4-5-11-12(7-10)20-14(17-11)18-13-6-3-9(15)8-16-13/h3-8H,2H2,1H3,(H,16,17,18). The number of fused-ring (bicyclic) bond motifs is 1. The highest BCUT2D eigenvalue weighted by atomic mass is 35.5. The predicted octanol–water partition coefficient (Wildman–Crippen LogP) is 4.49. The predicted molar refractivity (Wildman–Crippen MR) is 83.3 cm³/mol. The molecular weight excluding hydrogens is 294 g/mol. The largest absolute Gasteiger partial charge is 0.494 e. The molecule has 6 heteroatoms. The molecular formula is C14H12ClN3OS. The van der Waals surface area contributed by atoms with Gasteiger partial charge < -0.3 is 10.1 Å². The number of ether oxygens (including phenoxy) is 1. The Hall–Kier alpha value is -1.85. The fourth-order valence-corrected chi connectivity index (χ4v) is 2.79. The summed E-state index contributed by atoms with van der Waals surface area (Å²) in [5, 5.41) is 4.58. The second kappa shape index (κ2) is 5.64. The average molecular weight is 306 g/mol. The van der Waals surface area contributed by atoms with Crippen molar-refractivity contribution in [3.63, 3.8) is 0 Å². The van der Waals surface area contributed by atoms with Gasteiger partial charge >= 0.3 is 0 Å². The summed E-state index contributed by atoms with van der Waals surface area (Å²) in [4.78, 5) is 8.70. The van der Waals surface area contributed by atoms with Gasteiger partial charge in [0, 0.05) is 6.20 Å². The number of hydrogen-bond donors (Lipinski definition) is 1. The van der Waals surface area contributed by atoms with Crippen LogP contribution in [0.3, 0.4) is 0 Å². The van der Waals surface area contributed by atoms with Crippen LogP contribution in [0.15, 0.2) is 36.5 Å². The first kappa shape index (κ1) is 13.1. The highest BCUT2D eigenvalue weighted by Gasteiger charge is 2.06. The zero-order valence-electron chi connectivity index (χ0n) is 10.8. The lowest BCUT2D eigenvalue weighted by Crippen LogP contribution is -1.91. The maximum atomic E-state index is 5.81. The molecule has 0 fully saturated rings. The summed E-state index contributed by atoms with van der Waals surface area (Å²) in [6, 6.07) is 9.49. The summed E-state index contributed by atoms with van der Waals surface area (Å²) in [7, 11) is 0. The Morgan fingerprint density at radius 1 is 1.30 bits per heavy atom.